The number of H-pyrrole nitrogens is 1. The fourth-order valence-electron chi connectivity index (χ4n) is 2.15. The van der Waals surface area contributed by atoms with Crippen molar-refractivity contribution >= 4 is 21.4 Å². The molecule has 0 aliphatic heterocycles. The Kier molecular flexibility index (Phi) is 4.19. The molecular weight excluding hydrogens is 346 g/mol. The van der Waals surface area contributed by atoms with Crippen LogP contribution in [0, 0.1) is 0 Å². The number of aromatic amines is 1. The molecule has 1 aromatic carbocycles. The van der Waals surface area contributed by atoms with Gasteiger partial charge in [0.2, 0.25) is 5.95 Å². The first-order chi connectivity index (χ1) is 11.9. The Morgan fingerprint density at radius 2 is 2.00 bits per heavy atom. The summed E-state index contributed by atoms with van der Waals surface area (Å²) in [5.74, 6) is -0.537. The van der Waals surface area contributed by atoms with Crippen molar-refractivity contribution in [3.63, 3.8) is 0 Å². The van der Waals surface area contributed by atoms with Crippen LogP contribution in [0.25, 0.3) is 5.95 Å². The van der Waals surface area contributed by atoms with Crippen molar-refractivity contribution in [1.29, 1.82) is 0 Å². The number of nitrogens with zero attached hydrogens (tertiary/aromatic N) is 3. The lowest BCUT2D eigenvalue weighted by Crippen LogP contribution is -2.23. The molecule has 1 amide bonds. The molecule has 0 atom stereocenters. The summed E-state index contributed by atoms with van der Waals surface area (Å²) in [6.45, 7) is 0. The number of hydrogen-bond acceptors (Lipinski definition) is 6. The molecule has 2 N–H and O–H groups in total. The van der Waals surface area contributed by atoms with Gasteiger partial charge in [-0.3, -0.25) is 14.6 Å². The molecule has 3 rings (SSSR count). The van der Waals surface area contributed by atoms with Crippen LogP contribution in [0.15, 0.2) is 58.6 Å². The van der Waals surface area contributed by atoms with Crippen molar-refractivity contribution in [3.8, 4) is 5.95 Å². The topological polar surface area (TPSA) is 127 Å². The van der Waals surface area contributed by atoms with Gasteiger partial charge in [-0.05, 0) is 18.2 Å². The van der Waals surface area contributed by atoms with Gasteiger partial charge in [0.25, 0.3) is 11.5 Å². The highest BCUT2D eigenvalue weighted by Gasteiger charge is 2.19. The molecule has 0 spiro atoms. The first-order valence-electron chi connectivity index (χ1n) is 7.06. The standard InChI is InChI=1S/C15H13N5O4S/c1-25(23,24)12-6-3-2-5-10(12)13(21)18-11-9-16-15(19-14(11)22)20-8-4-7-17-20/h2-9H,1H3,(H,18,21)(H,16,19,22). The molecule has 0 fully saturated rings. The zero-order valence-electron chi connectivity index (χ0n) is 13.0. The van der Waals surface area contributed by atoms with Gasteiger partial charge >= 0.3 is 0 Å². The van der Waals surface area contributed by atoms with Crippen LogP contribution in [0.5, 0.6) is 0 Å². The Hall–Kier alpha value is -3.27. The van der Waals surface area contributed by atoms with Gasteiger partial charge in [0.05, 0.1) is 16.7 Å². The number of nitrogens with one attached hydrogen (secondary N) is 2. The van der Waals surface area contributed by atoms with Crippen LogP contribution in [0.3, 0.4) is 0 Å². The lowest BCUT2D eigenvalue weighted by Gasteiger charge is -2.08. The summed E-state index contributed by atoms with van der Waals surface area (Å²) in [5.41, 5.74) is -0.754. The molecule has 25 heavy (non-hydrogen) atoms. The SMILES string of the molecule is CS(=O)(=O)c1ccccc1C(=O)Nc1cnc(-n2cccn2)[nH]c1=O. The maximum atomic E-state index is 12.4. The van der Waals surface area contributed by atoms with Crippen LogP contribution in [-0.2, 0) is 9.84 Å². The van der Waals surface area contributed by atoms with Crippen LogP contribution in [0.4, 0.5) is 5.69 Å². The highest BCUT2D eigenvalue weighted by Crippen LogP contribution is 2.16. The summed E-state index contributed by atoms with van der Waals surface area (Å²) in [6, 6.07) is 7.41. The number of sulfone groups is 1. The monoisotopic (exact) mass is 359 g/mol. The quantitative estimate of drug-likeness (QED) is 0.703. The second-order valence-electron chi connectivity index (χ2n) is 5.12. The second-order valence-corrected chi connectivity index (χ2v) is 7.11. The van der Waals surface area contributed by atoms with Crippen LogP contribution in [0.1, 0.15) is 10.4 Å². The summed E-state index contributed by atoms with van der Waals surface area (Å²) in [5, 5.41) is 6.31. The average Bonchev–Trinajstić information content (AvgIpc) is 3.10. The van der Waals surface area contributed by atoms with Gasteiger partial charge in [-0.15, -0.1) is 0 Å². The van der Waals surface area contributed by atoms with E-state index in [1.807, 2.05) is 0 Å². The number of aromatic nitrogens is 4. The average molecular weight is 359 g/mol. The summed E-state index contributed by atoms with van der Waals surface area (Å²) in [7, 11) is -3.59. The number of carbonyl (C=O) groups excluding carboxylic acids is 1. The minimum Gasteiger partial charge on any atom is -0.316 e. The third-order valence-corrected chi connectivity index (χ3v) is 4.44. The molecule has 0 unspecified atom stereocenters. The molecule has 0 aliphatic rings. The fraction of sp³-hybridized carbons (Fsp3) is 0.0667. The number of amides is 1. The van der Waals surface area contributed by atoms with Crippen molar-refractivity contribution in [1.82, 2.24) is 19.7 Å². The molecule has 10 heteroatoms. The molecule has 0 radical (unpaired) electrons. The lowest BCUT2D eigenvalue weighted by molar-refractivity contribution is 0.102. The molecule has 9 nitrogen and oxygen atoms in total. The van der Waals surface area contributed by atoms with E-state index in [-0.39, 0.29) is 22.1 Å². The van der Waals surface area contributed by atoms with Crippen LogP contribution in [-0.4, -0.2) is 40.3 Å². The molecule has 0 saturated heterocycles. The molecule has 0 bridgehead atoms. The third-order valence-electron chi connectivity index (χ3n) is 3.29. The largest absolute Gasteiger partial charge is 0.316 e. The zero-order chi connectivity index (χ0) is 18.0. The first-order valence-corrected chi connectivity index (χ1v) is 8.95. The smallest absolute Gasteiger partial charge is 0.276 e. The predicted octanol–water partition coefficient (Wildman–Crippen LogP) is 0.611. The molecule has 128 valence electrons. The predicted molar refractivity (Wildman–Crippen MR) is 89.5 cm³/mol. The maximum absolute atomic E-state index is 12.4. The van der Waals surface area contributed by atoms with E-state index in [0.29, 0.717) is 0 Å². The van der Waals surface area contributed by atoms with Gasteiger partial charge in [0, 0.05) is 18.6 Å². The fourth-order valence-corrected chi connectivity index (χ4v) is 3.04. The number of benzene rings is 1. The number of carbonyl (C=O) groups is 1. The van der Waals surface area contributed by atoms with E-state index in [1.165, 1.54) is 41.3 Å². The van der Waals surface area contributed by atoms with Crippen molar-refractivity contribution in [2.45, 2.75) is 4.90 Å². The van der Waals surface area contributed by atoms with Gasteiger partial charge in [-0.1, -0.05) is 12.1 Å². The summed E-state index contributed by atoms with van der Waals surface area (Å²) in [6.07, 6.45) is 5.31. The minimum absolute atomic E-state index is 0.0550. The van der Waals surface area contributed by atoms with Gasteiger partial charge < -0.3 is 5.32 Å². The van der Waals surface area contributed by atoms with Gasteiger partial charge in [-0.2, -0.15) is 5.10 Å². The van der Waals surface area contributed by atoms with E-state index in [9.17, 15) is 18.0 Å². The van der Waals surface area contributed by atoms with Crippen molar-refractivity contribution in [2.24, 2.45) is 0 Å². The first kappa shape index (κ1) is 16.6. The molecule has 0 saturated carbocycles. The Morgan fingerprint density at radius 3 is 2.64 bits per heavy atom. The normalized spacial score (nSPS) is 11.2. The van der Waals surface area contributed by atoms with Gasteiger partial charge in [0.15, 0.2) is 9.84 Å². The van der Waals surface area contributed by atoms with E-state index in [2.05, 4.69) is 20.4 Å². The van der Waals surface area contributed by atoms with Gasteiger partial charge in [-0.25, -0.2) is 18.1 Å². The summed E-state index contributed by atoms with van der Waals surface area (Å²) >= 11 is 0. The zero-order valence-corrected chi connectivity index (χ0v) is 13.8. The minimum atomic E-state index is -3.59. The van der Waals surface area contributed by atoms with E-state index in [0.717, 1.165) is 6.26 Å². The molecule has 2 aromatic heterocycles. The Morgan fingerprint density at radius 1 is 1.24 bits per heavy atom. The number of rotatable bonds is 4. The second kappa shape index (κ2) is 6.32. The lowest BCUT2D eigenvalue weighted by atomic mass is 10.2. The maximum Gasteiger partial charge on any atom is 0.276 e. The molecule has 0 aliphatic carbocycles. The van der Waals surface area contributed by atoms with Crippen LogP contribution in [0.2, 0.25) is 0 Å². The molecule has 3 aromatic rings. The summed E-state index contributed by atoms with van der Waals surface area (Å²) < 4.78 is 24.9. The summed E-state index contributed by atoms with van der Waals surface area (Å²) in [4.78, 5) is 30.9. The highest BCUT2D eigenvalue weighted by molar-refractivity contribution is 7.90. The van der Waals surface area contributed by atoms with E-state index < -0.39 is 21.3 Å². The Bertz CT molecular complexity index is 1090. The van der Waals surface area contributed by atoms with Crippen LogP contribution >= 0.6 is 0 Å². The third kappa shape index (κ3) is 3.48. The highest BCUT2D eigenvalue weighted by atomic mass is 32.2. The Labute approximate surface area is 142 Å². The van der Waals surface area contributed by atoms with E-state index in [4.69, 9.17) is 0 Å². The Balaban J connectivity index is 1.91. The van der Waals surface area contributed by atoms with Crippen molar-refractivity contribution < 1.29 is 13.2 Å². The van der Waals surface area contributed by atoms with Gasteiger partial charge in [0.1, 0.15) is 5.69 Å². The van der Waals surface area contributed by atoms with Crippen molar-refractivity contribution in [2.75, 3.05) is 11.6 Å². The van der Waals surface area contributed by atoms with E-state index in [1.54, 1.807) is 12.3 Å². The molecular formula is C15H13N5O4S. The van der Waals surface area contributed by atoms with Crippen LogP contribution < -0.4 is 10.9 Å². The number of anilines is 1. The molecule has 2 heterocycles. The number of hydrogen-bond donors (Lipinski definition) is 2. The van der Waals surface area contributed by atoms with E-state index >= 15 is 0 Å². The van der Waals surface area contributed by atoms with Crippen molar-refractivity contribution in [3.05, 3.63) is 64.8 Å².